The molecular weight excluding hydrogens is 305 g/mol. The topological polar surface area (TPSA) is 38.3 Å². The van der Waals surface area contributed by atoms with Gasteiger partial charge >= 0.3 is 0 Å². The number of nitrogens with one attached hydrogen (secondary N) is 1. The minimum Gasteiger partial charge on any atom is -0.488 e. The number of ether oxygens (including phenoxy) is 1. The summed E-state index contributed by atoms with van der Waals surface area (Å²) in [7, 11) is 0. The van der Waals surface area contributed by atoms with Gasteiger partial charge in [0.2, 0.25) is 5.91 Å². The van der Waals surface area contributed by atoms with E-state index in [1.165, 1.54) is 11.6 Å². The SMILES string of the molecule is CCC(=O)Nc1cccc(F)c1COc1cc(C)c(C)cc1CC. The largest absolute Gasteiger partial charge is 0.488 e. The second kappa shape index (κ2) is 7.95. The van der Waals surface area contributed by atoms with Crippen LogP contribution in [0, 0.1) is 19.7 Å². The number of amides is 1. The number of anilines is 1. The molecule has 0 aliphatic carbocycles. The first-order chi connectivity index (χ1) is 11.5. The van der Waals surface area contributed by atoms with Gasteiger partial charge in [0, 0.05) is 12.0 Å². The first kappa shape index (κ1) is 18.0. The highest BCUT2D eigenvalue weighted by atomic mass is 19.1. The summed E-state index contributed by atoms with van der Waals surface area (Å²) in [4.78, 5) is 11.6. The van der Waals surface area contributed by atoms with Crippen molar-refractivity contribution < 1.29 is 13.9 Å². The second-order valence-corrected chi connectivity index (χ2v) is 5.85. The molecule has 0 aliphatic rings. The summed E-state index contributed by atoms with van der Waals surface area (Å²) in [5.74, 6) is 0.227. The van der Waals surface area contributed by atoms with Crippen molar-refractivity contribution in [3.63, 3.8) is 0 Å². The molecule has 128 valence electrons. The summed E-state index contributed by atoms with van der Waals surface area (Å²) >= 11 is 0. The number of aryl methyl sites for hydroxylation is 3. The Bertz CT molecular complexity index is 741. The van der Waals surface area contributed by atoms with Crippen LogP contribution in [-0.4, -0.2) is 5.91 Å². The zero-order valence-electron chi connectivity index (χ0n) is 14.7. The van der Waals surface area contributed by atoms with Gasteiger partial charge in [-0.05, 0) is 55.2 Å². The van der Waals surface area contributed by atoms with Crippen LogP contribution in [0.15, 0.2) is 30.3 Å². The van der Waals surface area contributed by atoms with Gasteiger partial charge in [0.05, 0.1) is 5.69 Å². The van der Waals surface area contributed by atoms with Crippen molar-refractivity contribution in [1.29, 1.82) is 0 Å². The van der Waals surface area contributed by atoms with E-state index in [0.717, 1.165) is 23.3 Å². The van der Waals surface area contributed by atoms with Crippen molar-refractivity contribution in [3.05, 3.63) is 58.4 Å². The number of carbonyl (C=O) groups is 1. The number of hydrogen-bond donors (Lipinski definition) is 1. The lowest BCUT2D eigenvalue weighted by molar-refractivity contribution is -0.115. The fourth-order valence-electron chi connectivity index (χ4n) is 2.47. The molecular formula is C20H24FNO2. The average molecular weight is 329 g/mol. The summed E-state index contributed by atoms with van der Waals surface area (Å²) in [5, 5.41) is 2.73. The molecule has 1 N–H and O–H groups in total. The molecule has 0 saturated carbocycles. The number of hydrogen-bond acceptors (Lipinski definition) is 2. The van der Waals surface area contributed by atoms with E-state index in [1.807, 2.05) is 13.0 Å². The quantitative estimate of drug-likeness (QED) is 0.816. The highest BCUT2D eigenvalue weighted by Crippen LogP contribution is 2.27. The third kappa shape index (κ3) is 4.13. The molecule has 0 fully saturated rings. The van der Waals surface area contributed by atoms with Crippen molar-refractivity contribution >= 4 is 11.6 Å². The highest BCUT2D eigenvalue weighted by Gasteiger charge is 2.13. The van der Waals surface area contributed by atoms with Gasteiger partial charge in [-0.1, -0.05) is 26.0 Å². The molecule has 2 aromatic rings. The lowest BCUT2D eigenvalue weighted by Gasteiger charge is -2.16. The van der Waals surface area contributed by atoms with Crippen LogP contribution in [0.2, 0.25) is 0 Å². The molecule has 0 heterocycles. The Morgan fingerprint density at radius 1 is 1.17 bits per heavy atom. The van der Waals surface area contributed by atoms with Crippen LogP contribution in [0.5, 0.6) is 5.75 Å². The third-order valence-electron chi connectivity index (χ3n) is 4.14. The Morgan fingerprint density at radius 2 is 1.88 bits per heavy atom. The smallest absolute Gasteiger partial charge is 0.224 e. The maximum Gasteiger partial charge on any atom is 0.224 e. The normalized spacial score (nSPS) is 10.5. The standard InChI is InChI=1S/C20H24FNO2/c1-5-15-10-13(3)14(4)11-19(15)24-12-16-17(21)8-7-9-18(16)22-20(23)6-2/h7-11H,5-6,12H2,1-4H3,(H,22,23). The first-order valence-electron chi connectivity index (χ1n) is 8.26. The maximum absolute atomic E-state index is 14.2. The molecule has 2 rings (SSSR count). The van der Waals surface area contributed by atoms with Gasteiger partial charge in [-0.25, -0.2) is 4.39 Å². The summed E-state index contributed by atoms with van der Waals surface area (Å²) in [6.07, 6.45) is 1.18. The third-order valence-corrected chi connectivity index (χ3v) is 4.14. The van der Waals surface area contributed by atoms with Gasteiger partial charge in [0.15, 0.2) is 0 Å². The second-order valence-electron chi connectivity index (χ2n) is 5.85. The summed E-state index contributed by atoms with van der Waals surface area (Å²) < 4.78 is 20.1. The van der Waals surface area contributed by atoms with Crippen LogP contribution in [0.25, 0.3) is 0 Å². The Kier molecular flexibility index (Phi) is 5.96. The molecule has 24 heavy (non-hydrogen) atoms. The van der Waals surface area contributed by atoms with E-state index in [2.05, 4.69) is 25.2 Å². The summed E-state index contributed by atoms with van der Waals surface area (Å²) in [6, 6.07) is 8.74. The zero-order chi connectivity index (χ0) is 17.7. The monoisotopic (exact) mass is 329 g/mol. The molecule has 0 aromatic heterocycles. The van der Waals surface area contributed by atoms with E-state index in [9.17, 15) is 9.18 Å². The van der Waals surface area contributed by atoms with Crippen LogP contribution < -0.4 is 10.1 Å². The first-order valence-corrected chi connectivity index (χ1v) is 8.26. The molecule has 1 amide bonds. The van der Waals surface area contributed by atoms with E-state index in [0.29, 0.717) is 17.7 Å². The Labute approximate surface area is 142 Å². The Morgan fingerprint density at radius 3 is 2.54 bits per heavy atom. The van der Waals surface area contributed by atoms with Crippen molar-refractivity contribution in [2.24, 2.45) is 0 Å². The molecule has 0 saturated heterocycles. The van der Waals surface area contributed by atoms with E-state index in [1.54, 1.807) is 19.1 Å². The lowest BCUT2D eigenvalue weighted by atomic mass is 10.0. The number of carbonyl (C=O) groups excluding carboxylic acids is 1. The molecule has 0 spiro atoms. The van der Waals surface area contributed by atoms with Crippen molar-refractivity contribution in [2.75, 3.05) is 5.32 Å². The molecule has 0 atom stereocenters. The van der Waals surface area contributed by atoms with E-state index >= 15 is 0 Å². The van der Waals surface area contributed by atoms with Crippen LogP contribution in [-0.2, 0) is 17.8 Å². The number of halogens is 1. The highest BCUT2D eigenvalue weighted by molar-refractivity contribution is 5.91. The van der Waals surface area contributed by atoms with E-state index in [4.69, 9.17) is 4.74 Å². The summed E-state index contributed by atoms with van der Waals surface area (Å²) in [6.45, 7) is 7.98. The summed E-state index contributed by atoms with van der Waals surface area (Å²) in [5.41, 5.74) is 4.26. The minimum absolute atomic E-state index is 0.0709. The van der Waals surface area contributed by atoms with Gasteiger partial charge in [0.25, 0.3) is 0 Å². The van der Waals surface area contributed by atoms with Gasteiger partial charge in [0.1, 0.15) is 18.2 Å². The van der Waals surface area contributed by atoms with Crippen molar-refractivity contribution in [2.45, 2.75) is 47.1 Å². The van der Waals surface area contributed by atoms with Crippen LogP contribution in [0.4, 0.5) is 10.1 Å². The fraction of sp³-hybridized carbons (Fsp3) is 0.350. The zero-order valence-corrected chi connectivity index (χ0v) is 14.7. The van der Waals surface area contributed by atoms with Crippen LogP contribution >= 0.6 is 0 Å². The van der Waals surface area contributed by atoms with Crippen LogP contribution in [0.1, 0.15) is 42.5 Å². The lowest BCUT2D eigenvalue weighted by Crippen LogP contribution is -2.13. The van der Waals surface area contributed by atoms with Crippen molar-refractivity contribution in [1.82, 2.24) is 0 Å². The Balaban J connectivity index is 2.26. The van der Waals surface area contributed by atoms with Gasteiger partial charge in [-0.15, -0.1) is 0 Å². The molecule has 0 bridgehead atoms. The fourth-order valence-corrected chi connectivity index (χ4v) is 2.47. The average Bonchev–Trinajstić information content (AvgIpc) is 2.56. The number of benzene rings is 2. The molecule has 0 radical (unpaired) electrons. The van der Waals surface area contributed by atoms with E-state index < -0.39 is 0 Å². The molecule has 2 aromatic carbocycles. The Hall–Kier alpha value is -2.36. The number of rotatable bonds is 6. The minimum atomic E-state index is -0.384. The van der Waals surface area contributed by atoms with Gasteiger partial charge < -0.3 is 10.1 Å². The molecule has 3 nitrogen and oxygen atoms in total. The predicted octanol–water partition coefficient (Wildman–Crippen LogP) is 4.93. The maximum atomic E-state index is 14.2. The van der Waals surface area contributed by atoms with Crippen molar-refractivity contribution in [3.8, 4) is 5.75 Å². The predicted molar refractivity (Wildman–Crippen MR) is 94.9 cm³/mol. The molecule has 4 heteroatoms. The van der Waals surface area contributed by atoms with Gasteiger partial charge in [-0.2, -0.15) is 0 Å². The van der Waals surface area contributed by atoms with Crippen LogP contribution in [0.3, 0.4) is 0 Å². The molecule has 0 unspecified atom stereocenters. The van der Waals surface area contributed by atoms with Gasteiger partial charge in [-0.3, -0.25) is 4.79 Å². The van der Waals surface area contributed by atoms with E-state index in [-0.39, 0.29) is 18.3 Å². The molecule has 0 aliphatic heterocycles.